The molecule has 0 aromatic heterocycles. The van der Waals surface area contributed by atoms with Gasteiger partial charge in [-0.15, -0.1) is 0 Å². The van der Waals surface area contributed by atoms with Gasteiger partial charge >= 0.3 is 0 Å². The molecule has 0 spiro atoms. The largest absolute Gasteiger partial charge is 0.288 e. The van der Waals surface area contributed by atoms with Gasteiger partial charge in [0, 0.05) is 5.56 Å². The molecule has 1 heterocycles. The molecule has 72 valence electrons. The maximum absolute atomic E-state index is 13.3. The number of benzene rings is 1. The Morgan fingerprint density at radius 2 is 2.00 bits per heavy atom. The summed E-state index contributed by atoms with van der Waals surface area (Å²) < 4.78 is 13.3. The molecule has 0 bridgehead atoms. The average molecular weight is 193 g/mol. The van der Waals surface area contributed by atoms with E-state index in [0.717, 1.165) is 0 Å². The lowest BCUT2D eigenvalue weighted by Gasteiger charge is -2.03. The van der Waals surface area contributed by atoms with Gasteiger partial charge in [0.25, 0.3) is 11.8 Å². The summed E-state index contributed by atoms with van der Waals surface area (Å²) in [5, 5.41) is 2.14. The third-order valence-electron chi connectivity index (χ3n) is 2.31. The summed E-state index contributed by atoms with van der Waals surface area (Å²) in [6, 6.07) is 2.56. The Balaban J connectivity index is 2.74. The number of carbonyl (C=O) groups excluding carboxylic acids is 2. The smallest absolute Gasteiger partial charge is 0.259 e. The highest BCUT2D eigenvalue weighted by Crippen LogP contribution is 2.22. The maximum Gasteiger partial charge on any atom is 0.259 e. The predicted molar refractivity (Wildman–Crippen MR) is 47.6 cm³/mol. The fraction of sp³-hybridized carbons (Fsp3) is 0.200. The molecule has 2 rings (SSSR count). The third-order valence-corrected chi connectivity index (χ3v) is 2.31. The van der Waals surface area contributed by atoms with E-state index < -0.39 is 17.6 Å². The molecule has 0 atom stereocenters. The Labute approximate surface area is 79.9 Å². The van der Waals surface area contributed by atoms with Gasteiger partial charge in [0.15, 0.2) is 0 Å². The zero-order valence-electron chi connectivity index (χ0n) is 7.56. The highest BCUT2D eigenvalue weighted by Gasteiger charge is 2.30. The first kappa shape index (κ1) is 8.87. The number of nitrogens with one attached hydrogen (secondary N) is 1. The van der Waals surface area contributed by atoms with Crippen molar-refractivity contribution >= 4 is 11.8 Å². The van der Waals surface area contributed by atoms with Gasteiger partial charge in [-0.25, -0.2) is 4.39 Å². The Kier molecular flexibility index (Phi) is 1.84. The van der Waals surface area contributed by atoms with Gasteiger partial charge < -0.3 is 0 Å². The Morgan fingerprint density at radius 3 is 2.64 bits per heavy atom. The molecule has 1 aromatic rings. The van der Waals surface area contributed by atoms with Crippen molar-refractivity contribution in [2.75, 3.05) is 0 Å². The molecule has 1 aromatic carbocycles. The number of hydrogen-bond donors (Lipinski definition) is 1. The van der Waals surface area contributed by atoms with Crippen molar-refractivity contribution in [1.29, 1.82) is 0 Å². The molecule has 1 N–H and O–H groups in total. The Hall–Kier alpha value is -1.71. The molecule has 4 heteroatoms. The van der Waals surface area contributed by atoms with E-state index in [1.807, 2.05) is 0 Å². The van der Waals surface area contributed by atoms with E-state index in [9.17, 15) is 14.0 Å². The van der Waals surface area contributed by atoms with Gasteiger partial charge in [0.2, 0.25) is 0 Å². The van der Waals surface area contributed by atoms with Crippen molar-refractivity contribution in [2.24, 2.45) is 0 Å². The minimum atomic E-state index is -0.499. The molecule has 0 saturated carbocycles. The summed E-state index contributed by atoms with van der Waals surface area (Å²) in [7, 11) is 0. The van der Waals surface area contributed by atoms with Crippen LogP contribution in [0.2, 0.25) is 0 Å². The van der Waals surface area contributed by atoms with Crippen molar-refractivity contribution < 1.29 is 14.0 Å². The van der Waals surface area contributed by atoms with Gasteiger partial charge in [-0.2, -0.15) is 0 Å². The van der Waals surface area contributed by atoms with Crippen LogP contribution in [-0.4, -0.2) is 11.8 Å². The molecule has 1 aliphatic heterocycles. The van der Waals surface area contributed by atoms with Crippen molar-refractivity contribution in [1.82, 2.24) is 5.32 Å². The highest BCUT2D eigenvalue weighted by atomic mass is 19.1. The molecular formula is C10H8FNO2. The van der Waals surface area contributed by atoms with Gasteiger partial charge in [-0.05, 0) is 18.6 Å². The monoisotopic (exact) mass is 193 g/mol. The fourth-order valence-electron chi connectivity index (χ4n) is 1.65. The van der Waals surface area contributed by atoms with Crippen LogP contribution < -0.4 is 5.32 Å². The second-order valence-electron chi connectivity index (χ2n) is 3.09. The van der Waals surface area contributed by atoms with E-state index in [0.29, 0.717) is 12.0 Å². The van der Waals surface area contributed by atoms with E-state index in [1.165, 1.54) is 12.1 Å². The third kappa shape index (κ3) is 1.04. The number of imide groups is 1. The molecule has 0 aliphatic carbocycles. The normalized spacial score (nSPS) is 14.1. The minimum absolute atomic E-state index is 0.192. The van der Waals surface area contributed by atoms with E-state index in [2.05, 4.69) is 5.32 Å². The standard InChI is InChI=1S/C10H8FNO2/c1-2-5-7(11)4-3-6-8(5)10(14)12-9(6)13/h3-4H,2H2,1H3,(H,12,13,14). The van der Waals surface area contributed by atoms with Crippen LogP contribution in [0.15, 0.2) is 12.1 Å². The van der Waals surface area contributed by atoms with Gasteiger partial charge in [-0.1, -0.05) is 6.92 Å². The second kappa shape index (κ2) is 2.90. The summed E-state index contributed by atoms with van der Waals surface area (Å²) in [5.41, 5.74) is 0.775. The molecule has 3 nitrogen and oxygen atoms in total. The zero-order chi connectivity index (χ0) is 10.3. The van der Waals surface area contributed by atoms with Crippen molar-refractivity contribution in [3.63, 3.8) is 0 Å². The number of amides is 2. The van der Waals surface area contributed by atoms with E-state index >= 15 is 0 Å². The van der Waals surface area contributed by atoms with E-state index in [1.54, 1.807) is 6.92 Å². The van der Waals surface area contributed by atoms with Crippen LogP contribution in [0.4, 0.5) is 4.39 Å². The highest BCUT2D eigenvalue weighted by molar-refractivity contribution is 6.22. The van der Waals surface area contributed by atoms with Crippen LogP contribution in [0.5, 0.6) is 0 Å². The first-order valence-corrected chi connectivity index (χ1v) is 4.32. The summed E-state index contributed by atoms with van der Waals surface area (Å²) >= 11 is 0. The quantitative estimate of drug-likeness (QED) is 0.683. The molecule has 1 aliphatic rings. The summed E-state index contributed by atoms with van der Waals surface area (Å²) in [6.07, 6.45) is 0.399. The minimum Gasteiger partial charge on any atom is -0.288 e. The van der Waals surface area contributed by atoms with Crippen LogP contribution in [0.3, 0.4) is 0 Å². The predicted octanol–water partition coefficient (Wildman–Crippen LogP) is 1.27. The average Bonchev–Trinajstić information content (AvgIpc) is 2.43. The molecule has 0 radical (unpaired) electrons. The Morgan fingerprint density at radius 1 is 1.29 bits per heavy atom. The summed E-state index contributed by atoms with van der Waals surface area (Å²) in [5.74, 6) is -1.38. The second-order valence-corrected chi connectivity index (χ2v) is 3.09. The zero-order valence-corrected chi connectivity index (χ0v) is 7.56. The Bertz CT molecular complexity index is 440. The lowest BCUT2D eigenvalue weighted by molar-refractivity contribution is 0.0879. The first-order chi connectivity index (χ1) is 6.65. The number of hydrogen-bond acceptors (Lipinski definition) is 2. The molecular weight excluding hydrogens is 185 g/mol. The van der Waals surface area contributed by atoms with Gasteiger partial charge in [0.1, 0.15) is 5.82 Å². The van der Waals surface area contributed by atoms with Crippen molar-refractivity contribution in [3.05, 3.63) is 34.6 Å². The molecule has 0 saturated heterocycles. The molecule has 0 fully saturated rings. The topological polar surface area (TPSA) is 46.2 Å². The van der Waals surface area contributed by atoms with E-state index in [4.69, 9.17) is 0 Å². The number of fused-ring (bicyclic) bond motifs is 1. The van der Waals surface area contributed by atoms with Crippen LogP contribution in [-0.2, 0) is 6.42 Å². The van der Waals surface area contributed by atoms with Crippen LogP contribution in [0, 0.1) is 5.82 Å². The number of rotatable bonds is 1. The molecule has 0 unspecified atom stereocenters. The maximum atomic E-state index is 13.3. The lowest BCUT2D eigenvalue weighted by atomic mass is 10.0. The lowest BCUT2D eigenvalue weighted by Crippen LogP contribution is -2.20. The van der Waals surface area contributed by atoms with Crippen LogP contribution in [0.25, 0.3) is 0 Å². The van der Waals surface area contributed by atoms with Crippen molar-refractivity contribution in [2.45, 2.75) is 13.3 Å². The molecule has 2 amide bonds. The summed E-state index contributed by atoms with van der Waals surface area (Å²) in [6.45, 7) is 1.74. The van der Waals surface area contributed by atoms with E-state index in [-0.39, 0.29) is 11.1 Å². The van der Waals surface area contributed by atoms with Gasteiger partial charge in [0.05, 0.1) is 11.1 Å². The SMILES string of the molecule is CCc1c(F)ccc2c1C(=O)NC2=O. The number of carbonyl (C=O) groups is 2. The first-order valence-electron chi connectivity index (χ1n) is 4.32. The van der Waals surface area contributed by atoms with Gasteiger partial charge in [-0.3, -0.25) is 14.9 Å². The van der Waals surface area contributed by atoms with Crippen molar-refractivity contribution in [3.8, 4) is 0 Å². The number of halogens is 1. The van der Waals surface area contributed by atoms with Crippen LogP contribution in [0.1, 0.15) is 33.2 Å². The van der Waals surface area contributed by atoms with Crippen LogP contribution >= 0.6 is 0 Å². The fourth-order valence-corrected chi connectivity index (χ4v) is 1.65. The molecule has 14 heavy (non-hydrogen) atoms. The summed E-state index contributed by atoms with van der Waals surface area (Å²) in [4.78, 5) is 22.5.